The maximum atomic E-state index is 11.3. The van der Waals surface area contributed by atoms with Crippen LogP contribution in [0.2, 0.25) is 0 Å². The van der Waals surface area contributed by atoms with Gasteiger partial charge >= 0.3 is 11.9 Å². The van der Waals surface area contributed by atoms with Gasteiger partial charge in [0.25, 0.3) is 0 Å². The molecule has 0 radical (unpaired) electrons. The normalized spacial score (nSPS) is 10.2. The van der Waals surface area contributed by atoms with E-state index in [0.717, 1.165) is 10.8 Å². The second-order valence-electron chi connectivity index (χ2n) is 5.87. The quantitative estimate of drug-likeness (QED) is 0.443. The first kappa shape index (κ1) is 19.6. The molecule has 0 atom stereocenters. The SMILES string of the molecule is COC(=O)c1ccc2cccnc2c1O.O=C(O)c1ccc2cccnc2c1O. The van der Waals surface area contributed by atoms with Crippen molar-refractivity contribution in [3.63, 3.8) is 0 Å². The zero-order chi connectivity index (χ0) is 21.0. The Kier molecular flexibility index (Phi) is 5.54. The van der Waals surface area contributed by atoms with Gasteiger partial charge in [-0.15, -0.1) is 0 Å². The van der Waals surface area contributed by atoms with E-state index in [0.29, 0.717) is 11.0 Å². The third-order valence-electron chi connectivity index (χ3n) is 4.13. The molecule has 0 aliphatic heterocycles. The number of aromatic carboxylic acids is 1. The molecule has 0 amide bonds. The van der Waals surface area contributed by atoms with Crippen LogP contribution in [-0.4, -0.2) is 44.3 Å². The number of esters is 1. The maximum Gasteiger partial charge on any atom is 0.341 e. The van der Waals surface area contributed by atoms with Crippen molar-refractivity contribution in [1.82, 2.24) is 9.97 Å². The molecular formula is C21H16N2O6. The van der Waals surface area contributed by atoms with Crippen LogP contribution in [0, 0.1) is 0 Å². The number of carboxylic acid groups (broad SMARTS) is 1. The molecule has 0 saturated heterocycles. The molecule has 0 aliphatic rings. The number of hydrogen-bond donors (Lipinski definition) is 3. The van der Waals surface area contributed by atoms with Crippen molar-refractivity contribution in [2.45, 2.75) is 0 Å². The molecule has 8 heteroatoms. The number of methoxy groups -OCH3 is 1. The van der Waals surface area contributed by atoms with Crippen molar-refractivity contribution < 1.29 is 29.6 Å². The van der Waals surface area contributed by atoms with Gasteiger partial charge in [-0.1, -0.05) is 24.3 Å². The van der Waals surface area contributed by atoms with Crippen LogP contribution in [0.25, 0.3) is 21.8 Å². The van der Waals surface area contributed by atoms with Crippen molar-refractivity contribution in [3.05, 3.63) is 72.1 Å². The molecule has 0 bridgehead atoms. The molecule has 3 N–H and O–H groups in total. The number of nitrogens with zero attached hydrogens (tertiary/aromatic N) is 2. The smallest absolute Gasteiger partial charge is 0.341 e. The first-order valence-electron chi connectivity index (χ1n) is 8.39. The number of pyridine rings is 2. The van der Waals surface area contributed by atoms with Gasteiger partial charge in [0, 0.05) is 23.2 Å². The molecule has 0 fully saturated rings. The number of phenols is 2. The highest BCUT2D eigenvalue weighted by Gasteiger charge is 2.14. The van der Waals surface area contributed by atoms with Gasteiger partial charge in [0.2, 0.25) is 0 Å². The highest BCUT2D eigenvalue weighted by molar-refractivity contribution is 6.00. The number of benzene rings is 2. The number of fused-ring (bicyclic) bond motifs is 2. The largest absolute Gasteiger partial charge is 0.505 e. The van der Waals surface area contributed by atoms with Crippen LogP contribution in [0.3, 0.4) is 0 Å². The molecule has 2 aromatic carbocycles. The average Bonchev–Trinajstić information content (AvgIpc) is 2.74. The van der Waals surface area contributed by atoms with E-state index in [2.05, 4.69) is 14.7 Å². The van der Waals surface area contributed by atoms with Gasteiger partial charge in [-0.3, -0.25) is 9.97 Å². The van der Waals surface area contributed by atoms with Crippen LogP contribution in [-0.2, 0) is 4.74 Å². The first-order valence-corrected chi connectivity index (χ1v) is 8.39. The lowest BCUT2D eigenvalue weighted by Gasteiger charge is -2.04. The van der Waals surface area contributed by atoms with Crippen LogP contribution in [0.1, 0.15) is 20.7 Å². The topological polar surface area (TPSA) is 130 Å². The third-order valence-corrected chi connectivity index (χ3v) is 4.13. The minimum Gasteiger partial charge on any atom is -0.505 e. The van der Waals surface area contributed by atoms with Crippen LogP contribution in [0.4, 0.5) is 0 Å². The van der Waals surface area contributed by atoms with E-state index in [1.165, 1.54) is 25.4 Å². The Labute approximate surface area is 164 Å². The Morgan fingerprint density at radius 1 is 0.793 bits per heavy atom. The van der Waals surface area contributed by atoms with Gasteiger partial charge in [-0.2, -0.15) is 0 Å². The molecule has 0 aliphatic carbocycles. The standard InChI is InChI=1S/C11H9NO3.C10H7NO3/c1-15-11(14)8-5-4-7-3-2-6-12-9(7)10(8)13;12-9-7(10(13)14)4-3-6-2-1-5-11-8(6)9/h2-6,13H,1H3;1-5,12H,(H,13,14). The summed E-state index contributed by atoms with van der Waals surface area (Å²) in [5.74, 6) is -2.15. The third kappa shape index (κ3) is 3.91. The van der Waals surface area contributed by atoms with Gasteiger partial charge in [0.05, 0.1) is 7.11 Å². The van der Waals surface area contributed by atoms with E-state index >= 15 is 0 Å². The first-order chi connectivity index (χ1) is 13.9. The number of aromatic nitrogens is 2. The monoisotopic (exact) mass is 392 g/mol. The number of rotatable bonds is 2. The van der Waals surface area contributed by atoms with Gasteiger partial charge in [-0.05, 0) is 24.3 Å². The number of phenolic OH excluding ortho intramolecular Hbond substituents is 1. The summed E-state index contributed by atoms with van der Waals surface area (Å²) in [7, 11) is 1.27. The molecule has 4 rings (SSSR count). The summed E-state index contributed by atoms with van der Waals surface area (Å²) in [6.45, 7) is 0. The Bertz CT molecular complexity index is 1220. The van der Waals surface area contributed by atoms with Crippen molar-refractivity contribution in [1.29, 1.82) is 0 Å². The number of aromatic hydroxyl groups is 2. The van der Waals surface area contributed by atoms with Gasteiger partial charge in [0.15, 0.2) is 11.5 Å². The van der Waals surface area contributed by atoms with E-state index in [1.54, 1.807) is 36.5 Å². The summed E-state index contributed by atoms with van der Waals surface area (Å²) >= 11 is 0. The molecule has 4 aromatic rings. The van der Waals surface area contributed by atoms with E-state index < -0.39 is 11.9 Å². The summed E-state index contributed by atoms with van der Waals surface area (Å²) in [6, 6.07) is 13.3. The predicted octanol–water partition coefficient (Wildman–Crippen LogP) is 3.37. The van der Waals surface area contributed by atoms with Crippen LogP contribution in [0.5, 0.6) is 11.5 Å². The van der Waals surface area contributed by atoms with E-state index in [9.17, 15) is 19.8 Å². The Balaban J connectivity index is 0.000000166. The van der Waals surface area contributed by atoms with E-state index in [1.807, 2.05) is 6.07 Å². The number of ether oxygens (including phenoxy) is 1. The molecule has 0 saturated carbocycles. The molecule has 146 valence electrons. The zero-order valence-corrected chi connectivity index (χ0v) is 15.2. The molecule has 2 aromatic heterocycles. The minimum atomic E-state index is -1.16. The molecule has 8 nitrogen and oxygen atoms in total. The summed E-state index contributed by atoms with van der Waals surface area (Å²) < 4.78 is 4.54. The Morgan fingerprint density at radius 3 is 1.76 bits per heavy atom. The molecule has 29 heavy (non-hydrogen) atoms. The minimum absolute atomic E-state index is 0.128. The van der Waals surface area contributed by atoms with E-state index in [4.69, 9.17) is 5.11 Å². The Hall–Kier alpha value is -4.20. The van der Waals surface area contributed by atoms with Crippen LogP contribution in [0.15, 0.2) is 60.9 Å². The van der Waals surface area contributed by atoms with Crippen molar-refractivity contribution in [3.8, 4) is 11.5 Å². The lowest BCUT2D eigenvalue weighted by molar-refractivity contribution is 0.0596. The number of hydrogen-bond acceptors (Lipinski definition) is 7. The summed E-state index contributed by atoms with van der Waals surface area (Å²) in [5, 5.41) is 29.6. The van der Waals surface area contributed by atoms with E-state index in [-0.39, 0.29) is 22.6 Å². The fourth-order valence-electron chi connectivity index (χ4n) is 2.71. The Morgan fingerprint density at radius 2 is 1.28 bits per heavy atom. The van der Waals surface area contributed by atoms with Crippen LogP contribution < -0.4 is 0 Å². The van der Waals surface area contributed by atoms with Gasteiger partial charge < -0.3 is 20.1 Å². The van der Waals surface area contributed by atoms with Gasteiger partial charge in [0.1, 0.15) is 22.2 Å². The molecule has 0 spiro atoms. The lowest BCUT2D eigenvalue weighted by atomic mass is 10.1. The second kappa shape index (κ2) is 8.22. The lowest BCUT2D eigenvalue weighted by Crippen LogP contribution is -2.01. The second-order valence-corrected chi connectivity index (χ2v) is 5.87. The molecule has 2 heterocycles. The fraction of sp³-hybridized carbons (Fsp3) is 0.0476. The summed E-state index contributed by atoms with van der Waals surface area (Å²) in [5.41, 5.74) is 0.715. The van der Waals surface area contributed by atoms with Crippen LogP contribution >= 0.6 is 0 Å². The van der Waals surface area contributed by atoms with Crippen molar-refractivity contribution in [2.75, 3.05) is 7.11 Å². The predicted molar refractivity (Wildman–Crippen MR) is 105 cm³/mol. The summed E-state index contributed by atoms with van der Waals surface area (Å²) in [4.78, 5) is 29.9. The maximum absolute atomic E-state index is 11.3. The fourth-order valence-corrected chi connectivity index (χ4v) is 2.71. The number of carboxylic acids is 1. The molecular weight excluding hydrogens is 376 g/mol. The zero-order valence-electron chi connectivity index (χ0n) is 15.2. The number of carbonyl (C=O) groups is 2. The summed E-state index contributed by atoms with van der Waals surface area (Å²) in [6.07, 6.45) is 3.07. The highest BCUT2D eigenvalue weighted by atomic mass is 16.5. The average molecular weight is 392 g/mol. The van der Waals surface area contributed by atoms with Crippen molar-refractivity contribution in [2.24, 2.45) is 0 Å². The number of carbonyl (C=O) groups excluding carboxylic acids is 1. The highest BCUT2D eigenvalue weighted by Crippen LogP contribution is 2.27. The van der Waals surface area contributed by atoms with Crippen molar-refractivity contribution >= 4 is 33.7 Å². The molecule has 0 unspecified atom stereocenters. The van der Waals surface area contributed by atoms with Gasteiger partial charge in [-0.25, -0.2) is 9.59 Å².